The molecule has 0 spiro atoms. The number of carbonyl (C=O) groups excluding carboxylic acids is 2. The average Bonchev–Trinajstić information content (AvgIpc) is 3.28. The highest BCUT2D eigenvalue weighted by Crippen LogP contribution is 2.28. The lowest BCUT2D eigenvalue weighted by Crippen LogP contribution is -2.32. The van der Waals surface area contributed by atoms with Crippen LogP contribution >= 0.6 is 0 Å². The van der Waals surface area contributed by atoms with E-state index < -0.39 is 0 Å². The molecule has 0 saturated heterocycles. The molecular formula is C26H35N3O2. The van der Waals surface area contributed by atoms with Crippen LogP contribution in [0.25, 0.3) is 0 Å². The van der Waals surface area contributed by atoms with Crippen LogP contribution in [0, 0.1) is 12.8 Å². The quantitative estimate of drug-likeness (QED) is 0.634. The van der Waals surface area contributed by atoms with Gasteiger partial charge in [0, 0.05) is 50.0 Å². The topological polar surface area (TPSA) is 52.7 Å². The van der Waals surface area contributed by atoms with E-state index in [0.717, 1.165) is 54.6 Å². The van der Waals surface area contributed by atoms with Crippen molar-refractivity contribution in [1.82, 2.24) is 4.90 Å². The minimum atomic E-state index is 0.0376. The van der Waals surface area contributed by atoms with Crippen LogP contribution in [0.5, 0.6) is 0 Å². The molecule has 0 aromatic heterocycles. The smallest absolute Gasteiger partial charge is 0.254 e. The Hall–Kier alpha value is -2.82. The molecule has 0 radical (unpaired) electrons. The SMILES string of the molecule is CCCN(Cc1cc(NC(=O)C2CCCC2)ccc1N(C)C)C(=O)c1cccc(C)c1. The molecule has 1 N–H and O–H groups in total. The number of rotatable bonds is 8. The lowest BCUT2D eigenvalue weighted by atomic mass is 10.1. The molecule has 1 fully saturated rings. The first kappa shape index (κ1) is 22.9. The van der Waals surface area contributed by atoms with Gasteiger partial charge in [-0.3, -0.25) is 9.59 Å². The number of hydrogen-bond donors (Lipinski definition) is 1. The van der Waals surface area contributed by atoms with Crippen molar-refractivity contribution in [3.05, 3.63) is 59.2 Å². The second-order valence-corrected chi connectivity index (χ2v) is 8.80. The van der Waals surface area contributed by atoms with Gasteiger partial charge in [-0.05, 0) is 62.1 Å². The molecule has 1 aliphatic carbocycles. The molecule has 31 heavy (non-hydrogen) atoms. The molecule has 0 atom stereocenters. The minimum absolute atomic E-state index is 0.0376. The Labute approximate surface area is 186 Å². The molecule has 2 aromatic carbocycles. The molecule has 5 nitrogen and oxygen atoms in total. The molecule has 0 unspecified atom stereocenters. The Morgan fingerprint density at radius 2 is 1.81 bits per heavy atom. The second-order valence-electron chi connectivity index (χ2n) is 8.80. The van der Waals surface area contributed by atoms with E-state index in [4.69, 9.17) is 0 Å². The lowest BCUT2D eigenvalue weighted by molar-refractivity contribution is -0.119. The maximum absolute atomic E-state index is 13.3. The fraction of sp³-hybridized carbons (Fsp3) is 0.462. The van der Waals surface area contributed by atoms with E-state index in [2.05, 4.69) is 17.1 Å². The Kier molecular flexibility index (Phi) is 7.72. The van der Waals surface area contributed by atoms with Crippen molar-refractivity contribution < 1.29 is 9.59 Å². The van der Waals surface area contributed by atoms with Crippen molar-refractivity contribution in [2.45, 2.75) is 52.5 Å². The molecule has 166 valence electrons. The van der Waals surface area contributed by atoms with Crippen LogP contribution in [-0.4, -0.2) is 37.4 Å². The summed E-state index contributed by atoms with van der Waals surface area (Å²) in [6.07, 6.45) is 5.10. The van der Waals surface area contributed by atoms with Crippen LogP contribution in [0.2, 0.25) is 0 Å². The number of carbonyl (C=O) groups is 2. The number of nitrogens with one attached hydrogen (secondary N) is 1. The van der Waals surface area contributed by atoms with Crippen molar-refractivity contribution in [2.75, 3.05) is 30.9 Å². The van der Waals surface area contributed by atoms with Crippen LogP contribution in [0.1, 0.15) is 60.5 Å². The summed E-state index contributed by atoms with van der Waals surface area (Å²) in [5.41, 5.74) is 4.68. The van der Waals surface area contributed by atoms with E-state index in [1.165, 1.54) is 0 Å². The van der Waals surface area contributed by atoms with Crippen LogP contribution in [0.4, 0.5) is 11.4 Å². The predicted octanol–water partition coefficient (Wildman–Crippen LogP) is 5.24. The summed E-state index contributed by atoms with van der Waals surface area (Å²) in [6.45, 7) is 5.27. The van der Waals surface area contributed by atoms with Crippen molar-refractivity contribution in [3.63, 3.8) is 0 Å². The normalized spacial score (nSPS) is 13.8. The number of benzene rings is 2. The van der Waals surface area contributed by atoms with Gasteiger partial charge in [0.05, 0.1) is 0 Å². The van der Waals surface area contributed by atoms with Crippen molar-refractivity contribution >= 4 is 23.2 Å². The highest BCUT2D eigenvalue weighted by molar-refractivity contribution is 5.95. The number of hydrogen-bond acceptors (Lipinski definition) is 3. The summed E-state index contributed by atoms with van der Waals surface area (Å²) in [6, 6.07) is 13.8. The van der Waals surface area contributed by atoms with Gasteiger partial charge in [-0.25, -0.2) is 0 Å². The number of aryl methyl sites for hydroxylation is 1. The number of amides is 2. The van der Waals surface area contributed by atoms with Gasteiger partial charge in [0.15, 0.2) is 0 Å². The molecule has 2 aromatic rings. The van der Waals surface area contributed by atoms with Gasteiger partial charge in [-0.1, -0.05) is 37.5 Å². The van der Waals surface area contributed by atoms with E-state index in [0.29, 0.717) is 18.7 Å². The van der Waals surface area contributed by atoms with Crippen LogP contribution in [0.3, 0.4) is 0 Å². The third-order valence-corrected chi connectivity index (χ3v) is 5.96. The third kappa shape index (κ3) is 5.87. The van der Waals surface area contributed by atoms with E-state index >= 15 is 0 Å². The summed E-state index contributed by atoms with van der Waals surface area (Å²) >= 11 is 0. The van der Waals surface area contributed by atoms with Crippen LogP contribution < -0.4 is 10.2 Å². The highest BCUT2D eigenvalue weighted by Gasteiger charge is 2.23. The fourth-order valence-electron chi connectivity index (χ4n) is 4.35. The zero-order chi connectivity index (χ0) is 22.4. The predicted molar refractivity (Wildman–Crippen MR) is 128 cm³/mol. The van der Waals surface area contributed by atoms with Gasteiger partial charge >= 0.3 is 0 Å². The molecular weight excluding hydrogens is 386 g/mol. The second kappa shape index (κ2) is 10.5. The number of anilines is 2. The van der Waals surface area contributed by atoms with Gasteiger partial charge in [-0.15, -0.1) is 0 Å². The Bertz CT molecular complexity index is 917. The first-order chi connectivity index (χ1) is 14.9. The van der Waals surface area contributed by atoms with E-state index in [-0.39, 0.29) is 17.7 Å². The molecule has 5 heteroatoms. The van der Waals surface area contributed by atoms with Crippen LogP contribution in [-0.2, 0) is 11.3 Å². The molecule has 3 rings (SSSR count). The number of nitrogens with zero attached hydrogens (tertiary/aromatic N) is 2. The lowest BCUT2D eigenvalue weighted by Gasteiger charge is -2.26. The third-order valence-electron chi connectivity index (χ3n) is 5.96. The highest BCUT2D eigenvalue weighted by atomic mass is 16.2. The maximum Gasteiger partial charge on any atom is 0.254 e. The van der Waals surface area contributed by atoms with E-state index in [1.807, 2.05) is 68.4 Å². The monoisotopic (exact) mass is 421 g/mol. The summed E-state index contributed by atoms with van der Waals surface area (Å²) in [7, 11) is 4.00. The first-order valence-corrected chi connectivity index (χ1v) is 11.4. The summed E-state index contributed by atoms with van der Waals surface area (Å²) in [5.74, 6) is 0.273. The zero-order valence-corrected chi connectivity index (χ0v) is 19.3. The van der Waals surface area contributed by atoms with Gasteiger partial charge in [-0.2, -0.15) is 0 Å². The van der Waals surface area contributed by atoms with Gasteiger partial charge < -0.3 is 15.1 Å². The van der Waals surface area contributed by atoms with Crippen molar-refractivity contribution in [1.29, 1.82) is 0 Å². The summed E-state index contributed by atoms with van der Waals surface area (Å²) < 4.78 is 0. The standard InChI is InChI=1S/C26H35N3O2/c1-5-15-29(26(31)21-12-8-9-19(2)16-21)18-22-17-23(13-14-24(22)28(3)4)27-25(30)20-10-6-7-11-20/h8-9,12-14,16-17,20H,5-7,10-11,15,18H2,1-4H3,(H,27,30). The summed E-state index contributed by atoms with van der Waals surface area (Å²) in [5, 5.41) is 3.10. The molecule has 0 aliphatic heterocycles. The van der Waals surface area contributed by atoms with Gasteiger partial charge in [0.25, 0.3) is 5.91 Å². The van der Waals surface area contributed by atoms with E-state index in [1.54, 1.807) is 0 Å². The average molecular weight is 422 g/mol. The minimum Gasteiger partial charge on any atom is -0.377 e. The molecule has 1 aliphatic rings. The zero-order valence-electron chi connectivity index (χ0n) is 19.3. The van der Waals surface area contributed by atoms with Gasteiger partial charge in [0.2, 0.25) is 5.91 Å². The van der Waals surface area contributed by atoms with Crippen molar-refractivity contribution in [2.24, 2.45) is 5.92 Å². The Balaban J connectivity index is 1.84. The van der Waals surface area contributed by atoms with Crippen LogP contribution in [0.15, 0.2) is 42.5 Å². The molecule has 1 saturated carbocycles. The molecule has 2 amide bonds. The van der Waals surface area contributed by atoms with Crippen molar-refractivity contribution in [3.8, 4) is 0 Å². The van der Waals surface area contributed by atoms with Gasteiger partial charge in [0.1, 0.15) is 0 Å². The summed E-state index contributed by atoms with van der Waals surface area (Å²) in [4.78, 5) is 29.8. The fourth-order valence-corrected chi connectivity index (χ4v) is 4.35. The maximum atomic E-state index is 13.3. The molecule has 0 heterocycles. The largest absolute Gasteiger partial charge is 0.377 e. The Morgan fingerprint density at radius 3 is 2.45 bits per heavy atom. The molecule has 0 bridgehead atoms. The Morgan fingerprint density at radius 1 is 1.06 bits per heavy atom. The van der Waals surface area contributed by atoms with E-state index in [9.17, 15) is 9.59 Å². The first-order valence-electron chi connectivity index (χ1n) is 11.4.